The van der Waals surface area contributed by atoms with Gasteiger partial charge in [0.25, 0.3) is 5.69 Å². The number of hydrogen-bond donors (Lipinski definition) is 1. The van der Waals surface area contributed by atoms with Gasteiger partial charge in [-0.1, -0.05) is 11.6 Å². The molecule has 0 amide bonds. The summed E-state index contributed by atoms with van der Waals surface area (Å²) < 4.78 is 0. The van der Waals surface area contributed by atoms with E-state index < -0.39 is 11.0 Å². The average molecular weight is 269 g/mol. The van der Waals surface area contributed by atoms with Crippen LogP contribution in [0.25, 0.3) is 0 Å². The number of nitro groups is 1. The Kier molecular flexibility index (Phi) is 3.42. The molecule has 0 saturated carbocycles. The number of non-ortho nitro benzene ring substituents is 1. The maximum absolute atomic E-state index is 10.7. The first-order valence-electron chi connectivity index (χ1n) is 4.81. The van der Waals surface area contributed by atoms with E-state index in [1.54, 1.807) is 0 Å². The van der Waals surface area contributed by atoms with Gasteiger partial charge < -0.3 is 5.73 Å². The van der Waals surface area contributed by atoms with Crippen LogP contribution < -0.4 is 5.73 Å². The van der Waals surface area contributed by atoms with Crippen LogP contribution in [0.1, 0.15) is 17.2 Å². The number of thiophene rings is 1. The SMILES string of the molecule is N[C@@H](c1ccsc1)c1cc([N+](=O)[O-])ccc1Cl. The van der Waals surface area contributed by atoms with Crippen molar-refractivity contribution >= 4 is 28.6 Å². The number of nitro benzene ring substituents is 1. The summed E-state index contributed by atoms with van der Waals surface area (Å²) in [4.78, 5) is 10.2. The first-order chi connectivity index (χ1) is 8.09. The summed E-state index contributed by atoms with van der Waals surface area (Å²) in [5, 5.41) is 14.9. The fourth-order valence-electron chi connectivity index (χ4n) is 1.51. The van der Waals surface area contributed by atoms with Crippen LogP contribution in [0.5, 0.6) is 0 Å². The maximum atomic E-state index is 10.7. The van der Waals surface area contributed by atoms with Gasteiger partial charge in [0, 0.05) is 17.2 Å². The lowest BCUT2D eigenvalue weighted by Crippen LogP contribution is -2.11. The van der Waals surface area contributed by atoms with E-state index in [1.165, 1.54) is 29.5 Å². The second kappa shape index (κ2) is 4.83. The smallest absolute Gasteiger partial charge is 0.269 e. The van der Waals surface area contributed by atoms with Gasteiger partial charge in [-0.15, -0.1) is 0 Å². The van der Waals surface area contributed by atoms with Gasteiger partial charge in [-0.05, 0) is 34.0 Å². The third kappa shape index (κ3) is 2.46. The van der Waals surface area contributed by atoms with E-state index in [1.807, 2.05) is 16.8 Å². The highest BCUT2D eigenvalue weighted by Crippen LogP contribution is 2.30. The van der Waals surface area contributed by atoms with Gasteiger partial charge in [0.1, 0.15) is 0 Å². The summed E-state index contributed by atoms with van der Waals surface area (Å²) >= 11 is 7.54. The van der Waals surface area contributed by atoms with Gasteiger partial charge in [0.15, 0.2) is 0 Å². The largest absolute Gasteiger partial charge is 0.320 e. The normalized spacial score (nSPS) is 12.4. The van der Waals surface area contributed by atoms with E-state index in [-0.39, 0.29) is 5.69 Å². The lowest BCUT2D eigenvalue weighted by Gasteiger charge is -2.11. The molecule has 6 heteroatoms. The predicted molar refractivity (Wildman–Crippen MR) is 68.5 cm³/mol. The van der Waals surface area contributed by atoms with Gasteiger partial charge in [0.05, 0.1) is 11.0 Å². The van der Waals surface area contributed by atoms with Crippen LogP contribution in [0.15, 0.2) is 35.0 Å². The average Bonchev–Trinajstić information content (AvgIpc) is 2.81. The Morgan fingerprint density at radius 1 is 1.41 bits per heavy atom. The number of halogens is 1. The summed E-state index contributed by atoms with van der Waals surface area (Å²) in [6.45, 7) is 0. The predicted octanol–water partition coefficient (Wildman–Crippen LogP) is 3.36. The Morgan fingerprint density at radius 3 is 2.76 bits per heavy atom. The third-order valence-corrected chi connectivity index (χ3v) is 3.47. The van der Waals surface area contributed by atoms with Crippen LogP contribution >= 0.6 is 22.9 Å². The highest BCUT2D eigenvalue weighted by Gasteiger charge is 2.16. The molecular formula is C11H9ClN2O2S. The molecule has 2 rings (SSSR count). The quantitative estimate of drug-likeness (QED) is 0.685. The van der Waals surface area contributed by atoms with Crippen molar-refractivity contribution in [3.63, 3.8) is 0 Å². The number of nitrogens with zero attached hydrogens (tertiary/aromatic N) is 1. The van der Waals surface area contributed by atoms with E-state index in [0.29, 0.717) is 10.6 Å². The van der Waals surface area contributed by atoms with Gasteiger partial charge in [-0.25, -0.2) is 0 Å². The Bertz CT molecular complexity index is 542. The van der Waals surface area contributed by atoms with E-state index in [4.69, 9.17) is 17.3 Å². The molecule has 0 saturated heterocycles. The zero-order valence-corrected chi connectivity index (χ0v) is 10.2. The molecule has 0 unspecified atom stereocenters. The van der Waals surface area contributed by atoms with Crippen molar-refractivity contribution in [3.05, 3.63) is 61.3 Å². The first-order valence-corrected chi connectivity index (χ1v) is 6.13. The highest BCUT2D eigenvalue weighted by molar-refractivity contribution is 7.08. The Labute approximate surface area is 107 Å². The minimum Gasteiger partial charge on any atom is -0.320 e. The van der Waals surface area contributed by atoms with Crippen LogP contribution in [0, 0.1) is 10.1 Å². The fraction of sp³-hybridized carbons (Fsp3) is 0.0909. The molecule has 17 heavy (non-hydrogen) atoms. The molecule has 0 aliphatic rings. The molecule has 0 bridgehead atoms. The lowest BCUT2D eigenvalue weighted by atomic mass is 10.0. The summed E-state index contributed by atoms with van der Waals surface area (Å²) in [6.07, 6.45) is 0. The van der Waals surface area contributed by atoms with Gasteiger partial charge in [-0.2, -0.15) is 11.3 Å². The molecule has 0 spiro atoms. The summed E-state index contributed by atoms with van der Waals surface area (Å²) in [6, 6.07) is 5.73. The molecule has 0 radical (unpaired) electrons. The number of rotatable bonds is 3. The van der Waals surface area contributed by atoms with Crippen molar-refractivity contribution in [2.75, 3.05) is 0 Å². The fourth-order valence-corrected chi connectivity index (χ4v) is 2.45. The molecule has 1 aromatic carbocycles. The molecule has 1 heterocycles. The summed E-state index contributed by atoms with van der Waals surface area (Å²) in [7, 11) is 0. The minimum atomic E-state index is -0.458. The Balaban J connectivity index is 2.44. The molecule has 88 valence electrons. The first kappa shape index (κ1) is 12.0. The molecule has 2 aromatic rings. The lowest BCUT2D eigenvalue weighted by molar-refractivity contribution is -0.384. The standard InChI is InChI=1S/C11H9ClN2O2S/c12-10-2-1-8(14(15)16)5-9(10)11(13)7-3-4-17-6-7/h1-6,11H,13H2/t11-/m0/s1. The molecule has 4 nitrogen and oxygen atoms in total. The molecule has 1 aromatic heterocycles. The van der Waals surface area contributed by atoms with Gasteiger partial charge in [-0.3, -0.25) is 10.1 Å². The van der Waals surface area contributed by atoms with E-state index in [2.05, 4.69) is 0 Å². The molecular weight excluding hydrogens is 260 g/mol. The van der Waals surface area contributed by atoms with Crippen LogP contribution in [-0.4, -0.2) is 4.92 Å². The number of nitrogens with two attached hydrogens (primary N) is 1. The number of hydrogen-bond acceptors (Lipinski definition) is 4. The van der Waals surface area contributed by atoms with E-state index in [9.17, 15) is 10.1 Å². The monoisotopic (exact) mass is 268 g/mol. The van der Waals surface area contributed by atoms with Crippen LogP contribution in [0.3, 0.4) is 0 Å². The maximum Gasteiger partial charge on any atom is 0.269 e. The minimum absolute atomic E-state index is 0.00456. The van der Waals surface area contributed by atoms with Crippen molar-refractivity contribution in [3.8, 4) is 0 Å². The van der Waals surface area contributed by atoms with Crippen molar-refractivity contribution < 1.29 is 4.92 Å². The van der Waals surface area contributed by atoms with Crippen LogP contribution in [0.4, 0.5) is 5.69 Å². The Morgan fingerprint density at radius 2 is 2.18 bits per heavy atom. The zero-order chi connectivity index (χ0) is 12.4. The van der Waals surface area contributed by atoms with Crippen LogP contribution in [-0.2, 0) is 0 Å². The van der Waals surface area contributed by atoms with E-state index in [0.717, 1.165) is 5.56 Å². The van der Waals surface area contributed by atoms with E-state index >= 15 is 0 Å². The van der Waals surface area contributed by atoms with Crippen molar-refractivity contribution in [1.82, 2.24) is 0 Å². The van der Waals surface area contributed by atoms with Crippen molar-refractivity contribution in [2.24, 2.45) is 5.73 Å². The zero-order valence-electron chi connectivity index (χ0n) is 8.67. The highest BCUT2D eigenvalue weighted by atomic mass is 35.5. The van der Waals surface area contributed by atoms with Gasteiger partial charge >= 0.3 is 0 Å². The Hall–Kier alpha value is -1.43. The molecule has 0 aliphatic carbocycles. The second-order valence-corrected chi connectivity index (χ2v) is 4.68. The number of benzene rings is 1. The van der Waals surface area contributed by atoms with Crippen LogP contribution in [0.2, 0.25) is 5.02 Å². The molecule has 0 fully saturated rings. The summed E-state index contributed by atoms with van der Waals surface area (Å²) in [5.41, 5.74) is 7.49. The van der Waals surface area contributed by atoms with Crippen molar-refractivity contribution in [1.29, 1.82) is 0 Å². The molecule has 0 aliphatic heterocycles. The van der Waals surface area contributed by atoms with Crippen molar-refractivity contribution in [2.45, 2.75) is 6.04 Å². The topological polar surface area (TPSA) is 69.2 Å². The summed E-state index contributed by atoms with van der Waals surface area (Å²) in [5.74, 6) is 0. The molecule has 2 N–H and O–H groups in total. The second-order valence-electron chi connectivity index (χ2n) is 3.50. The van der Waals surface area contributed by atoms with Gasteiger partial charge in [0.2, 0.25) is 0 Å². The third-order valence-electron chi connectivity index (χ3n) is 2.43. The molecule has 1 atom stereocenters.